The highest BCUT2D eigenvalue weighted by Crippen LogP contribution is 2.18. The molecule has 0 spiro atoms. The molecule has 1 fully saturated rings. The fourth-order valence-corrected chi connectivity index (χ4v) is 3.08. The van der Waals surface area contributed by atoms with Crippen molar-refractivity contribution in [3.05, 3.63) is 24.2 Å². The Morgan fingerprint density at radius 2 is 2.38 bits per heavy atom. The second kappa shape index (κ2) is 7.00. The summed E-state index contributed by atoms with van der Waals surface area (Å²) in [6.45, 7) is 2.82. The maximum atomic E-state index is 5.18. The normalized spacial score (nSPS) is 19.2. The van der Waals surface area contributed by atoms with Crippen LogP contribution >= 0.6 is 0 Å². The van der Waals surface area contributed by atoms with Crippen LogP contribution in [0.1, 0.15) is 31.5 Å². The third kappa shape index (κ3) is 3.41. The summed E-state index contributed by atoms with van der Waals surface area (Å²) >= 11 is 0. The lowest BCUT2D eigenvalue weighted by molar-refractivity contribution is 0.190. The van der Waals surface area contributed by atoms with Crippen LogP contribution in [-0.2, 0) is 17.7 Å². The number of imidazole rings is 1. The number of piperidine rings is 1. The monoisotopic (exact) mass is 288 g/mol. The van der Waals surface area contributed by atoms with E-state index < -0.39 is 0 Å². The number of methoxy groups -OCH3 is 1. The Bertz CT molecular complexity index is 575. The molecule has 1 unspecified atom stereocenters. The lowest BCUT2D eigenvalue weighted by atomic mass is 10.0. The number of nitrogens with one attached hydrogen (secondary N) is 1. The molecule has 1 saturated heterocycles. The molecule has 0 bridgehead atoms. The highest BCUT2D eigenvalue weighted by Gasteiger charge is 2.18. The van der Waals surface area contributed by atoms with Crippen LogP contribution in [0.4, 0.5) is 0 Å². The SMILES string of the molecule is COCCCn1c(CC2CCCCN2)nc2cccnc21. The topological polar surface area (TPSA) is 52.0 Å². The molecule has 1 aliphatic heterocycles. The third-order valence-electron chi connectivity index (χ3n) is 4.15. The Labute approximate surface area is 125 Å². The van der Waals surface area contributed by atoms with Gasteiger partial charge in [0.05, 0.1) is 0 Å². The molecule has 0 radical (unpaired) electrons. The Hall–Kier alpha value is -1.46. The second-order valence-corrected chi connectivity index (χ2v) is 5.72. The minimum atomic E-state index is 0.553. The summed E-state index contributed by atoms with van der Waals surface area (Å²) in [6.07, 6.45) is 7.68. The molecule has 114 valence electrons. The first-order chi connectivity index (χ1) is 10.4. The predicted octanol–water partition coefficient (Wildman–Crippen LogP) is 2.15. The smallest absolute Gasteiger partial charge is 0.159 e. The van der Waals surface area contributed by atoms with Crippen LogP contribution in [0.5, 0.6) is 0 Å². The zero-order chi connectivity index (χ0) is 14.5. The number of fused-ring (bicyclic) bond motifs is 1. The van der Waals surface area contributed by atoms with Crippen molar-refractivity contribution < 1.29 is 4.74 Å². The van der Waals surface area contributed by atoms with Gasteiger partial charge in [0.1, 0.15) is 11.3 Å². The van der Waals surface area contributed by atoms with E-state index in [-0.39, 0.29) is 0 Å². The quantitative estimate of drug-likeness (QED) is 0.828. The van der Waals surface area contributed by atoms with Gasteiger partial charge < -0.3 is 14.6 Å². The fraction of sp³-hybridized carbons (Fsp3) is 0.625. The van der Waals surface area contributed by atoms with Gasteiger partial charge >= 0.3 is 0 Å². The Kier molecular flexibility index (Phi) is 4.83. The van der Waals surface area contributed by atoms with Crippen molar-refractivity contribution in [1.29, 1.82) is 0 Å². The van der Waals surface area contributed by atoms with Gasteiger partial charge in [-0.3, -0.25) is 0 Å². The van der Waals surface area contributed by atoms with Gasteiger partial charge in [-0.1, -0.05) is 6.42 Å². The van der Waals surface area contributed by atoms with E-state index in [1.807, 2.05) is 18.3 Å². The number of nitrogens with zero attached hydrogens (tertiary/aromatic N) is 3. The summed E-state index contributed by atoms with van der Waals surface area (Å²) in [5.41, 5.74) is 2.00. The average molecular weight is 288 g/mol. The number of ether oxygens (including phenoxy) is 1. The minimum absolute atomic E-state index is 0.553. The molecular formula is C16H24N4O. The first-order valence-corrected chi connectivity index (χ1v) is 7.91. The molecule has 21 heavy (non-hydrogen) atoms. The zero-order valence-corrected chi connectivity index (χ0v) is 12.7. The summed E-state index contributed by atoms with van der Waals surface area (Å²) in [4.78, 5) is 9.32. The Balaban J connectivity index is 1.82. The molecule has 1 N–H and O–H groups in total. The zero-order valence-electron chi connectivity index (χ0n) is 12.7. The van der Waals surface area contributed by atoms with Crippen molar-refractivity contribution in [2.45, 2.75) is 44.7 Å². The van der Waals surface area contributed by atoms with Crippen LogP contribution in [0.25, 0.3) is 11.2 Å². The molecule has 0 saturated carbocycles. The minimum Gasteiger partial charge on any atom is -0.385 e. The van der Waals surface area contributed by atoms with Gasteiger partial charge in [0, 0.05) is 38.9 Å². The maximum Gasteiger partial charge on any atom is 0.159 e. The molecule has 5 heteroatoms. The van der Waals surface area contributed by atoms with Gasteiger partial charge in [-0.2, -0.15) is 0 Å². The summed E-state index contributed by atoms with van der Waals surface area (Å²) in [6, 6.07) is 4.56. The van der Waals surface area contributed by atoms with Crippen LogP contribution in [0, 0.1) is 0 Å². The number of aromatic nitrogens is 3. The summed E-state index contributed by atoms with van der Waals surface area (Å²) < 4.78 is 7.44. The van der Waals surface area contributed by atoms with Crippen LogP contribution in [-0.4, -0.2) is 40.8 Å². The maximum absolute atomic E-state index is 5.18. The highest BCUT2D eigenvalue weighted by atomic mass is 16.5. The highest BCUT2D eigenvalue weighted by molar-refractivity contribution is 5.71. The van der Waals surface area contributed by atoms with Gasteiger partial charge in [-0.15, -0.1) is 0 Å². The first kappa shape index (κ1) is 14.5. The van der Waals surface area contributed by atoms with Gasteiger partial charge in [-0.25, -0.2) is 9.97 Å². The lowest BCUT2D eigenvalue weighted by Gasteiger charge is -2.23. The molecule has 3 rings (SSSR count). The van der Waals surface area contributed by atoms with Gasteiger partial charge in [0.15, 0.2) is 5.65 Å². The Morgan fingerprint density at radius 1 is 1.43 bits per heavy atom. The molecule has 1 aliphatic rings. The van der Waals surface area contributed by atoms with E-state index in [9.17, 15) is 0 Å². The van der Waals surface area contributed by atoms with Crippen LogP contribution in [0.15, 0.2) is 18.3 Å². The fourth-order valence-electron chi connectivity index (χ4n) is 3.08. The van der Waals surface area contributed by atoms with Crippen molar-refractivity contribution in [3.63, 3.8) is 0 Å². The van der Waals surface area contributed by atoms with E-state index in [2.05, 4.69) is 14.9 Å². The lowest BCUT2D eigenvalue weighted by Crippen LogP contribution is -2.36. The Morgan fingerprint density at radius 3 is 3.19 bits per heavy atom. The molecule has 2 aromatic rings. The van der Waals surface area contributed by atoms with Crippen LogP contribution in [0.3, 0.4) is 0 Å². The van der Waals surface area contributed by atoms with Crippen molar-refractivity contribution in [2.24, 2.45) is 0 Å². The molecule has 5 nitrogen and oxygen atoms in total. The molecule has 0 amide bonds. The first-order valence-electron chi connectivity index (χ1n) is 7.91. The number of aryl methyl sites for hydroxylation is 1. The largest absolute Gasteiger partial charge is 0.385 e. The van der Waals surface area contributed by atoms with Gasteiger partial charge in [-0.05, 0) is 37.9 Å². The summed E-state index contributed by atoms with van der Waals surface area (Å²) in [5, 5.41) is 3.61. The number of hydrogen-bond donors (Lipinski definition) is 1. The molecule has 0 aromatic carbocycles. The van der Waals surface area contributed by atoms with E-state index >= 15 is 0 Å². The summed E-state index contributed by atoms with van der Waals surface area (Å²) in [7, 11) is 1.75. The van der Waals surface area contributed by atoms with Crippen molar-refractivity contribution in [1.82, 2.24) is 19.9 Å². The van der Waals surface area contributed by atoms with Crippen LogP contribution < -0.4 is 5.32 Å². The van der Waals surface area contributed by atoms with Gasteiger partial charge in [0.25, 0.3) is 0 Å². The van der Waals surface area contributed by atoms with Gasteiger partial charge in [0.2, 0.25) is 0 Å². The number of hydrogen-bond acceptors (Lipinski definition) is 4. The van der Waals surface area contributed by atoms with Crippen molar-refractivity contribution in [3.8, 4) is 0 Å². The average Bonchev–Trinajstić information content (AvgIpc) is 2.86. The van der Waals surface area contributed by atoms with Crippen molar-refractivity contribution >= 4 is 11.2 Å². The van der Waals surface area contributed by atoms with E-state index in [1.165, 1.54) is 19.3 Å². The van der Waals surface area contributed by atoms with Crippen molar-refractivity contribution in [2.75, 3.05) is 20.3 Å². The summed E-state index contributed by atoms with van der Waals surface area (Å²) in [5.74, 6) is 1.15. The number of rotatable bonds is 6. The third-order valence-corrected chi connectivity index (χ3v) is 4.15. The molecule has 1 atom stereocenters. The van der Waals surface area contributed by atoms with E-state index in [1.54, 1.807) is 7.11 Å². The number of pyridine rings is 1. The molecular weight excluding hydrogens is 264 g/mol. The molecule has 0 aliphatic carbocycles. The van der Waals surface area contributed by atoms with Crippen LogP contribution in [0.2, 0.25) is 0 Å². The second-order valence-electron chi connectivity index (χ2n) is 5.72. The predicted molar refractivity (Wildman–Crippen MR) is 83.4 cm³/mol. The molecule has 3 heterocycles. The molecule has 2 aromatic heterocycles. The standard InChI is InChI=1S/C16H24N4O/c1-21-11-5-10-20-15(12-13-6-2-3-8-17-13)19-14-7-4-9-18-16(14)20/h4,7,9,13,17H,2-3,5-6,8,10-12H2,1H3. The van der Waals surface area contributed by atoms with E-state index in [4.69, 9.17) is 9.72 Å². The van der Waals surface area contributed by atoms with E-state index in [0.717, 1.165) is 49.5 Å². The van der Waals surface area contributed by atoms with E-state index in [0.29, 0.717) is 6.04 Å².